The lowest BCUT2D eigenvalue weighted by atomic mass is 9.85. The largest absolute Gasteiger partial charge is 0.367 e. The molecule has 0 saturated heterocycles. The topological polar surface area (TPSA) is 70.2 Å². The summed E-state index contributed by atoms with van der Waals surface area (Å²) in [5, 5.41) is 7.44. The summed E-state index contributed by atoms with van der Waals surface area (Å²) in [6.45, 7) is 1.89. The van der Waals surface area contributed by atoms with Gasteiger partial charge in [-0.3, -0.25) is 4.79 Å². The van der Waals surface area contributed by atoms with Crippen molar-refractivity contribution in [2.75, 3.05) is 29.6 Å². The number of aryl methyl sites for hydroxylation is 1. The number of rotatable bonds is 5. The van der Waals surface area contributed by atoms with Crippen LogP contribution in [0.1, 0.15) is 31.5 Å². The number of carbonyl (C=O) groups excluding carboxylic acids is 1. The molecule has 0 radical (unpaired) electrons. The summed E-state index contributed by atoms with van der Waals surface area (Å²) in [5.41, 5.74) is 0.635. The number of halogens is 3. The zero-order chi connectivity index (χ0) is 20.3. The number of nitrogens with one attached hydrogen (secondary N) is 2. The van der Waals surface area contributed by atoms with Crippen LogP contribution in [0.15, 0.2) is 24.3 Å². The summed E-state index contributed by atoms with van der Waals surface area (Å²) >= 11 is 12.0. The number of aromatic nitrogens is 2. The van der Waals surface area contributed by atoms with Crippen LogP contribution < -0.4 is 15.5 Å². The molecule has 6 nitrogen and oxygen atoms in total. The number of hydrogen-bond donors (Lipinski definition) is 2. The SMILES string of the molecule is Cc1nc(NC2CCC(C(=O)Nc3cc(Cl)cc(Cl)c3)CC2)cc(N(C)C)n1.Cl. The number of nitrogens with zero attached hydrogens (tertiary/aromatic N) is 3. The quantitative estimate of drug-likeness (QED) is 0.645. The first-order valence-electron chi connectivity index (χ1n) is 9.36. The fourth-order valence-corrected chi connectivity index (χ4v) is 3.96. The molecule has 1 saturated carbocycles. The highest BCUT2D eigenvalue weighted by molar-refractivity contribution is 6.35. The van der Waals surface area contributed by atoms with E-state index < -0.39 is 0 Å². The van der Waals surface area contributed by atoms with Crippen LogP contribution in [0.5, 0.6) is 0 Å². The average molecular weight is 459 g/mol. The Balaban J connectivity index is 0.00000300. The molecule has 0 bridgehead atoms. The molecular formula is C20H26Cl3N5O. The highest BCUT2D eigenvalue weighted by Crippen LogP contribution is 2.29. The molecule has 1 aliphatic rings. The number of benzene rings is 1. The number of carbonyl (C=O) groups is 1. The summed E-state index contributed by atoms with van der Waals surface area (Å²) < 4.78 is 0. The van der Waals surface area contributed by atoms with E-state index in [9.17, 15) is 4.79 Å². The van der Waals surface area contributed by atoms with Crippen LogP contribution in [0.25, 0.3) is 0 Å². The first-order valence-corrected chi connectivity index (χ1v) is 10.1. The Morgan fingerprint density at radius 2 is 1.66 bits per heavy atom. The average Bonchev–Trinajstić information content (AvgIpc) is 2.60. The van der Waals surface area contributed by atoms with Crippen molar-refractivity contribution in [1.82, 2.24) is 9.97 Å². The van der Waals surface area contributed by atoms with E-state index in [1.165, 1.54) is 0 Å². The smallest absolute Gasteiger partial charge is 0.227 e. The molecule has 0 aliphatic heterocycles. The van der Waals surface area contributed by atoms with Crippen molar-refractivity contribution in [3.05, 3.63) is 40.1 Å². The van der Waals surface area contributed by atoms with Gasteiger partial charge in [-0.1, -0.05) is 23.2 Å². The molecule has 0 atom stereocenters. The molecular weight excluding hydrogens is 433 g/mol. The molecule has 9 heteroatoms. The third-order valence-electron chi connectivity index (χ3n) is 4.86. The monoisotopic (exact) mass is 457 g/mol. The molecule has 29 heavy (non-hydrogen) atoms. The van der Waals surface area contributed by atoms with Crippen molar-refractivity contribution >= 4 is 58.8 Å². The summed E-state index contributed by atoms with van der Waals surface area (Å²) in [5.74, 6) is 2.45. The molecule has 1 fully saturated rings. The molecule has 1 amide bonds. The standard InChI is InChI=1S/C20H25Cl2N5O.ClH/c1-12-23-18(11-19(24-12)27(2)3)25-16-6-4-13(5-7-16)20(28)26-17-9-14(21)8-15(22)10-17;/h8-11,13,16H,4-7H2,1-3H3,(H,26,28)(H,23,24,25);1H. The van der Waals surface area contributed by atoms with E-state index in [0.717, 1.165) is 43.1 Å². The Morgan fingerprint density at radius 3 is 2.24 bits per heavy atom. The fourth-order valence-electron chi connectivity index (χ4n) is 3.43. The van der Waals surface area contributed by atoms with Gasteiger partial charge in [-0.05, 0) is 50.8 Å². The van der Waals surface area contributed by atoms with Gasteiger partial charge in [0.25, 0.3) is 0 Å². The van der Waals surface area contributed by atoms with Crippen LogP contribution >= 0.6 is 35.6 Å². The Morgan fingerprint density at radius 1 is 1.03 bits per heavy atom. The van der Waals surface area contributed by atoms with Gasteiger partial charge in [-0.2, -0.15) is 0 Å². The summed E-state index contributed by atoms with van der Waals surface area (Å²) in [6.07, 6.45) is 3.47. The lowest BCUT2D eigenvalue weighted by molar-refractivity contribution is -0.120. The molecule has 158 valence electrons. The minimum Gasteiger partial charge on any atom is -0.367 e. The van der Waals surface area contributed by atoms with Crippen molar-refractivity contribution in [3.8, 4) is 0 Å². The third-order valence-corrected chi connectivity index (χ3v) is 5.30. The molecule has 0 unspecified atom stereocenters. The molecule has 3 rings (SSSR count). The zero-order valence-electron chi connectivity index (χ0n) is 16.7. The van der Waals surface area contributed by atoms with E-state index in [0.29, 0.717) is 21.8 Å². The highest BCUT2D eigenvalue weighted by Gasteiger charge is 2.26. The van der Waals surface area contributed by atoms with Gasteiger partial charge in [-0.25, -0.2) is 9.97 Å². The van der Waals surface area contributed by atoms with Gasteiger partial charge in [0.1, 0.15) is 17.5 Å². The van der Waals surface area contributed by atoms with E-state index in [1.807, 2.05) is 32.0 Å². The van der Waals surface area contributed by atoms with Gasteiger partial charge in [-0.15, -0.1) is 12.4 Å². The van der Waals surface area contributed by atoms with E-state index >= 15 is 0 Å². The minimum atomic E-state index is -0.0136. The van der Waals surface area contributed by atoms with Crippen LogP contribution in [0.2, 0.25) is 10.0 Å². The molecule has 1 aliphatic carbocycles. The van der Waals surface area contributed by atoms with Gasteiger partial charge in [0, 0.05) is 47.9 Å². The second-order valence-corrected chi connectivity index (χ2v) is 8.27. The Hall–Kier alpha value is -1.76. The molecule has 2 aromatic rings. The Labute approximate surface area is 187 Å². The van der Waals surface area contributed by atoms with E-state index in [-0.39, 0.29) is 24.2 Å². The maximum Gasteiger partial charge on any atom is 0.227 e. The Kier molecular flexibility index (Phi) is 8.37. The van der Waals surface area contributed by atoms with E-state index in [2.05, 4.69) is 20.6 Å². The summed E-state index contributed by atoms with van der Waals surface area (Å²) in [7, 11) is 3.92. The van der Waals surface area contributed by atoms with Crippen molar-refractivity contribution in [2.24, 2.45) is 5.92 Å². The third kappa shape index (κ3) is 6.63. The van der Waals surface area contributed by atoms with Gasteiger partial charge < -0.3 is 15.5 Å². The second kappa shape index (κ2) is 10.3. The Bertz CT molecular complexity index is 834. The van der Waals surface area contributed by atoms with Crippen molar-refractivity contribution in [2.45, 2.75) is 38.6 Å². The van der Waals surface area contributed by atoms with Crippen LogP contribution in [-0.2, 0) is 4.79 Å². The fraction of sp³-hybridized carbons (Fsp3) is 0.450. The van der Waals surface area contributed by atoms with Gasteiger partial charge in [0.15, 0.2) is 0 Å². The van der Waals surface area contributed by atoms with Crippen molar-refractivity contribution in [1.29, 1.82) is 0 Å². The van der Waals surface area contributed by atoms with Crippen LogP contribution in [0.4, 0.5) is 17.3 Å². The number of anilines is 3. The van der Waals surface area contributed by atoms with Gasteiger partial charge in [0.05, 0.1) is 0 Å². The number of amides is 1. The van der Waals surface area contributed by atoms with Crippen LogP contribution in [0.3, 0.4) is 0 Å². The summed E-state index contributed by atoms with van der Waals surface area (Å²) in [6, 6.07) is 7.31. The van der Waals surface area contributed by atoms with Gasteiger partial charge >= 0.3 is 0 Å². The van der Waals surface area contributed by atoms with Crippen molar-refractivity contribution < 1.29 is 4.79 Å². The molecule has 1 heterocycles. The predicted octanol–water partition coefficient (Wildman–Crippen LogP) is 5.19. The zero-order valence-corrected chi connectivity index (χ0v) is 19.0. The lowest BCUT2D eigenvalue weighted by Gasteiger charge is -2.29. The van der Waals surface area contributed by atoms with Crippen LogP contribution in [-0.4, -0.2) is 36.0 Å². The van der Waals surface area contributed by atoms with Crippen LogP contribution in [0, 0.1) is 12.8 Å². The normalized spacial score (nSPS) is 18.5. The van der Waals surface area contributed by atoms with Crippen molar-refractivity contribution in [3.63, 3.8) is 0 Å². The molecule has 1 aromatic heterocycles. The predicted molar refractivity (Wildman–Crippen MR) is 123 cm³/mol. The minimum absolute atomic E-state index is 0. The molecule has 0 spiro atoms. The van der Waals surface area contributed by atoms with Gasteiger partial charge in [0.2, 0.25) is 5.91 Å². The molecule has 2 N–H and O–H groups in total. The first-order chi connectivity index (χ1) is 13.3. The van der Waals surface area contributed by atoms with E-state index in [1.54, 1.807) is 18.2 Å². The first kappa shape index (κ1) is 23.5. The lowest BCUT2D eigenvalue weighted by Crippen LogP contribution is -2.32. The number of hydrogen-bond acceptors (Lipinski definition) is 5. The maximum absolute atomic E-state index is 12.6. The summed E-state index contributed by atoms with van der Waals surface area (Å²) in [4.78, 5) is 23.4. The second-order valence-electron chi connectivity index (χ2n) is 7.39. The highest BCUT2D eigenvalue weighted by atomic mass is 35.5. The maximum atomic E-state index is 12.6. The molecule has 1 aromatic carbocycles. The van der Waals surface area contributed by atoms with E-state index in [4.69, 9.17) is 23.2 Å².